The van der Waals surface area contributed by atoms with E-state index in [-0.39, 0.29) is 11.6 Å². The minimum absolute atomic E-state index is 0.201. The standard InChI is InChI=1S/C14H18FN3O2/c15-12-3-1-2-4-13(12)16-14(20)5-6-17-7-9-18(11-19)10-8-17/h1-4,11H,5-10H2,(H,16,20). The largest absolute Gasteiger partial charge is 0.343 e. The van der Waals surface area contributed by atoms with E-state index in [0.717, 1.165) is 19.5 Å². The average Bonchev–Trinajstić information content (AvgIpc) is 2.48. The molecule has 2 amide bonds. The maximum absolute atomic E-state index is 13.4. The minimum atomic E-state index is -0.430. The summed E-state index contributed by atoms with van der Waals surface area (Å²) in [5.74, 6) is -0.631. The molecule has 0 bridgehead atoms. The predicted molar refractivity (Wildman–Crippen MR) is 73.7 cm³/mol. The maximum atomic E-state index is 13.4. The lowest BCUT2D eigenvalue weighted by Crippen LogP contribution is -2.46. The molecule has 0 unspecified atom stereocenters. The highest BCUT2D eigenvalue weighted by Crippen LogP contribution is 2.12. The lowest BCUT2D eigenvalue weighted by atomic mass is 10.2. The third-order valence-electron chi connectivity index (χ3n) is 3.36. The van der Waals surface area contributed by atoms with Crippen molar-refractivity contribution in [1.82, 2.24) is 9.80 Å². The summed E-state index contributed by atoms with van der Waals surface area (Å²) in [6.45, 7) is 3.54. The van der Waals surface area contributed by atoms with Gasteiger partial charge in [0.15, 0.2) is 0 Å². The van der Waals surface area contributed by atoms with Crippen LogP contribution in [0.1, 0.15) is 6.42 Å². The Morgan fingerprint density at radius 1 is 1.25 bits per heavy atom. The number of nitrogens with one attached hydrogen (secondary N) is 1. The molecule has 1 heterocycles. The highest BCUT2D eigenvalue weighted by Gasteiger charge is 2.16. The second-order valence-corrected chi connectivity index (χ2v) is 4.76. The first-order valence-electron chi connectivity index (χ1n) is 6.65. The molecule has 0 atom stereocenters. The third kappa shape index (κ3) is 4.03. The molecule has 2 rings (SSSR count). The number of para-hydroxylation sites is 1. The minimum Gasteiger partial charge on any atom is -0.343 e. The Hall–Kier alpha value is -1.95. The Balaban J connectivity index is 1.73. The van der Waals surface area contributed by atoms with Crippen molar-refractivity contribution >= 4 is 18.0 Å². The molecule has 0 aromatic heterocycles. The number of rotatable bonds is 5. The topological polar surface area (TPSA) is 52.7 Å². The summed E-state index contributed by atoms with van der Waals surface area (Å²) < 4.78 is 13.4. The molecule has 1 aromatic rings. The number of hydrogen-bond donors (Lipinski definition) is 1. The van der Waals surface area contributed by atoms with Crippen LogP contribution in [0.25, 0.3) is 0 Å². The fourth-order valence-corrected chi connectivity index (χ4v) is 2.13. The number of nitrogens with zero attached hydrogens (tertiary/aromatic N) is 2. The van der Waals surface area contributed by atoms with Gasteiger partial charge in [0.05, 0.1) is 5.69 Å². The zero-order valence-corrected chi connectivity index (χ0v) is 11.2. The third-order valence-corrected chi connectivity index (χ3v) is 3.36. The molecular formula is C14H18FN3O2. The second kappa shape index (κ2) is 7.00. The summed E-state index contributed by atoms with van der Waals surface area (Å²) in [5.41, 5.74) is 0.211. The Labute approximate surface area is 117 Å². The van der Waals surface area contributed by atoms with Gasteiger partial charge in [0, 0.05) is 39.1 Å². The van der Waals surface area contributed by atoms with E-state index in [2.05, 4.69) is 10.2 Å². The molecule has 0 saturated carbocycles. The molecule has 0 aliphatic carbocycles. The van der Waals surface area contributed by atoms with Crippen LogP contribution in [-0.2, 0) is 9.59 Å². The lowest BCUT2D eigenvalue weighted by Gasteiger charge is -2.32. The number of benzene rings is 1. The van der Waals surface area contributed by atoms with Crippen molar-refractivity contribution in [3.63, 3.8) is 0 Å². The van der Waals surface area contributed by atoms with E-state index in [0.29, 0.717) is 26.1 Å². The molecule has 0 spiro atoms. The van der Waals surface area contributed by atoms with E-state index in [9.17, 15) is 14.0 Å². The van der Waals surface area contributed by atoms with Crippen LogP contribution in [-0.4, -0.2) is 54.8 Å². The quantitative estimate of drug-likeness (QED) is 0.816. The molecule has 6 heteroatoms. The number of piperazine rings is 1. The van der Waals surface area contributed by atoms with Crippen molar-refractivity contribution in [3.05, 3.63) is 30.1 Å². The van der Waals surface area contributed by atoms with Crippen molar-refractivity contribution in [2.45, 2.75) is 6.42 Å². The molecule has 20 heavy (non-hydrogen) atoms. The second-order valence-electron chi connectivity index (χ2n) is 4.76. The number of amides is 2. The van der Waals surface area contributed by atoms with E-state index in [1.165, 1.54) is 12.1 Å². The van der Waals surface area contributed by atoms with Gasteiger partial charge in [-0.25, -0.2) is 4.39 Å². The van der Waals surface area contributed by atoms with Gasteiger partial charge in [-0.1, -0.05) is 12.1 Å². The normalized spacial score (nSPS) is 15.9. The Bertz CT molecular complexity index is 473. The first kappa shape index (κ1) is 14.5. The van der Waals surface area contributed by atoms with Gasteiger partial charge in [-0.3, -0.25) is 14.5 Å². The van der Waals surface area contributed by atoms with Gasteiger partial charge < -0.3 is 10.2 Å². The number of halogens is 1. The molecule has 1 saturated heterocycles. The van der Waals surface area contributed by atoms with Gasteiger partial charge in [0.25, 0.3) is 0 Å². The summed E-state index contributed by atoms with van der Waals surface area (Å²) in [6, 6.07) is 6.11. The highest BCUT2D eigenvalue weighted by atomic mass is 19.1. The van der Waals surface area contributed by atoms with Gasteiger partial charge in [0.2, 0.25) is 12.3 Å². The van der Waals surface area contributed by atoms with Crippen molar-refractivity contribution in [1.29, 1.82) is 0 Å². The van der Waals surface area contributed by atoms with Crippen molar-refractivity contribution in [2.75, 3.05) is 38.0 Å². The Kier molecular flexibility index (Phi) is 5.06. The first-order chi connectivity index (χ1) is 9.69. The molecule has 0 radical (unpaired) electrons. The molecular weight excluding hydrogens is 261 g/mol. The van der Waals surface area contributed by atoms with E-state index in [1.807, 2.05) is 0 Å². The van der Waals surface area contributed by atoms with E-state index in [4.69, 9.17) is 0 Å². The van der Waals surface area contributed by atoms with Crippen LogP contribution >= 0.6 is 0 Å². The molecule has 1 aliphatic heterocycles. The van der Waals surface area contributed by atoms with Crippen LogP contribution in [0.4, 0.5) is 10.1 Å². The zero-order chi connectivity index (χ0) is 14.4. The van der Waals surface area contributed by atoms with Gasteiger partial charge >= 0.3 is 0 Å². The van der Waals surface area contributed by atoms with Gasteiger partial charge in [-0.15, -0.1) is 0 Å². The zero-order valence-electron chi connectivity index (χ0n) is 11.2. The van der Waals surface area contributed by atoms with Crippen molar-refractivity contribution in [3.8, 4) is 0 Å². The Morgan fingerprint density at radius 2 is 1.95 bits per heavy atom. The van der Waals surface area contributed by atoms with Crippen LogP contribution in [0, 0.1) is 5.82 Å². The van der Waals surface area contributed by atoms with Gasteiger partial charge in [-0.2, -0.15) is 0 Å². The maximum Gasteiger partial charge on any atom is 0.225 e. The first-order valence-corrected chi connectivity index (χ1v) is 6.65. The monoisotopic (exact) mass is 279 g/mol. The number of hydrogen-bond acceptors (Lipinski definition) is 3. The number of carbonyl (C=O) groups excluding carboxylic acids is 2. The number of carbonyl (C=O) groups is 2. The lowest BCUT2D eigenvalue weighted by molar-refractivity contribution is -0.120. The van der Waals surface area contributed by atoms with Crippen LogP contribution in [0.15, 0.2) is 24.3 Å². The molecule has 1 aliphatic rings. The highest BCUT2D eigenvalue weighted by molar-refractivity contribution is 5.90. The summed E-state index contributed by atoms with van der Waals surface area (Å²) in [7, 11) is 0. The summed E-state index contributed by atoms with van der Waals surface area (Å²) in [6.07, 6.45) is 1.16. The Morgan fingerprint density at radius 3 is 2.60 bits per heavy atom. The molecule has 1 N–H and O–H groups in total. The fourth-order valence-electron chi connectivity index (χ4n) is 2.13. The number of anilines is 1. The average molecular weight is 279 g/mol. The van der Waals surface area contributed by atoms with E-state index < -0.39 is 5.82 Å². The van der Waals surface area contributed by atoms with Crippen molar-refractivity contribution in [2.24, 2.45) is 0 Å². The van der Waals surface area contributed by atoms with E-state index in [1.54, 1.807) is 17.0 Å². The SMILES string of the molecule is O=CN1CCN(CCC(=O)Nc2ccccc2F)CC1. The molecule has 1 aromatic carbocycles. The predicted octanol–water partition coefficient (Wildman–Crippen LogP) is 0.928. The fraction of sp³-hybridized carbons (Fsp3) is 0.429. The van der Waals surface area contributed by atoms with E-state index >= 15 is 0 Å². The summed E-state index contributed by atoms with van der Waals surface area (Å²) in [4.78, 5) is 26.2. The van der Waals surface area contributed by atoms with Crippen LogP contribution in [0.2, 0.25) is 0 Å². The van der Waals surface area contributed by atoms with Gasteiger partial charge in [-0.05, 0) is 12.1 Å². The summed E-state index contributed by atoms with van der Waals surface area (Å²) >= 11 is 0. The van der Waals surface area contributed by atoms with Crippen LogP contribution in [0.5, 0.6) is 0 Å². The van der Waals surface area contributed by atoms with Crippen LogP contribution in [0.3, 0.4) is 0 Å². The molecule has 5 nitrogen and oxygen atoms in total. The molecule has 1 fully saturated rings. The van der Waals surface area contributed by atoms with Crippen LogP contribution < -0.4 is 5.32 Å². The van der Waals surface area contributed by atoms with Gasteiger partial charge in [0.1, 0.15) is 5.82 Å². The smallest absolute Gasteiger partial charge is 0.225 e. The van der Waals surface area contributed by atoms with Crippen molar-refractivity contribution < 1.29 is 14.0 Å². The summed E-state index contributed by atoms with van der Waals surface area (Å²) in [5, 5.41) is 2.56. The molecule has 108 valence electrons.